The van der Waals surface area contributed by atoms with Crippen LogP contribution in [0.5, 0.6) is 0 Å². The topological polar surface area (TPSA) is 46.3 Å². The van der Waals surface area contributed by atoms with Gasteiger partial charge in [-0.2, -0.15) is 0 Å². The monoisotopic (exact) mass is 230 g/mol. The molecule has 1 aliphatic heterocycles. The van der Waals surface area contributed by atoms with Crippen molar-refractivity contribution < 1.29 is 4.79 Å². The van der Waals surface area contributed by atoms with Crippen molar-refractivity contribution in [3.05, 3.63) is 35.4 Å². The third-order valence-corrected chi connectivity index (χ3v) is 3.97. The Morgan fingerprint density at radius 1 is 1.18 bits per heavy atom. The summed E-state index contributed by atoms with van der Waals surface area (Å²) in [6.45, 7) is 1.56. The smallest absolute Gasteiger partial charge is 0.226 e. The number of carbonyl (C=O) groups is 1. The minimum absolute atomic E-state index is 0.166. The number of amides is 1. The van der Waals surface area contributed by atoms with Crippen molar-refractivity contribution in [1.29, 1.82) is 0 Å². The lowest BCUT2D eigenvalue weighted by molar-refractivity contribution is -0.136. The molecule has 90 valence electrons. The minimum atomic E-state index is 0.166. The van der Waals surface area contributed by atoms with E-state index < -0.39 is 0 Å². The number of carbonyl (C=O) groups excluding carboxylic acids is 1. The number of rotatable bonds is 1. The number of hydrogen-bond acceptors (Lipinski definition) is 2. The zero-order valence-electron chi connectivity index (χ0n) is 9.93. The number of benzene rings is 1. The van der Waals surface area contributed by atoms with Crippen molar-refractivity contribution in [3.63, 3.8) is 0 Å². The van der Waals surface area contributed by atoms with Crippen molar-refractivity contribution in [2.24, 2.45) is 11.7 Å². The quantitative estimate of drug-likeness (QED) is 0.797. The Labute approximate surface area is 102 Å². The van der Waals surface area contributed by atoms with Crippen molar-refractivity contribution in [3.8, 4) is 0 Å². The van der Waals surface area contributed by atoms with Crippen LogP contribution in [0.15, 0.2) is 24.3 Å². The maximum Gasteiger partial charge on any atom is 0.226 e. The summed E-state index contributed by atoms with van der Waals surface area (Å²) in [5.74, 6) is 0.466. The zero-order valence-corrected chi connectivity index (χ0v) is 9.93. The van der Waals surface area contributed by atoms with E-state index in [1.165, 1.54) is 11.1 Å². The highest BCUT2D eigenvalue weighted by molar-refractivity contribution is 5.80. The van der Waals surface area contributed by atoms with Crippen LogP contribution in [0.1, 0.15) is 30.4 Å². The summed E-state index contributed by atoms with van der Waals surface area (Å²) in [7, 11) is 0. The molecule has 1 fully saturated rings. The van der Waals surface area contributed by atoms with Gasteiger partial charge >= 0.3 is 0 Å². The van der Waals surface area contributed by atoms with Gasteiger partial charge in [0.25, 0.3) is 0 Å². The van der Waals surface area contributed by atoms with Crippen LogP contribution in [0, 0.1) is 5.92 Å². The maximum absolute atomic E-state index is 12.3. The fraction of sp³-hybridized carbons (Fsp3) is 0.500. The van der Waals surface area contributed by atoms with Crippen molar-refractivity contribution in [1.82, 2.24) is 4.90 Å². The second-order valence-corrected chi connectivity index (χ2v) is 5.23. The lowest BCUT2D eigenvalue weighted by Gasteiger charge is -2.19. The molecule has 3 rings (SSSR count). The van der Waals surface area contributed by atoms with Gasteiger partial charge in [0.2, 0.25) is 5.91 Å². The van der Waals surface area contributed by atoms with E-state index >= 15 is 0 Å². The summed E-state index contributed by atoms with van der Waals surface area (Å²) in [5.41, 5.74) is 8.46. The Balaban J connectivity index is 1.70. The summed E-state index contributed by atoms with van der Waals surface area (Å²) < 4.78 is 0. The van der Waals surface area contributed by atoms with Gasteiger partial charge in [-0.1, -0.05) is 24.3 Å². The van der Waals surface area contributed by atoms with Crippen LogP contribution in [0.3, 0.4) is 0 Å². The molecular formula is C14H18N2O. The van der Waals surface area contributed by atoms with E-state index in [0.29, 0.717) is 5.91 Å². The Morgan fingerprint density at radius 2 is 1.82 bits per heavy atom. The highest BCUT2D eigenvalue weighted by Crippen LogP contribution is 2.30. The molecule has 1 aliphatic carbocycles. The van der Waals surface area contributed by atoms with Crippen LogP contribution in [-0.4, -0.2) is 16.8 Å². The first-order valence-electron chi connectivity index (χ1n) is 6.35. The van der Waals surface area contributed by atoms with Crippen LogP contribution in [0.2, 0.25) is 0 Å². The number of nitrogens with zero attached hydrogens (tertiary/aromatic N) is 1. The Morgan fingerprint density at radius 3 is 2.35 bits per heavy atom. The van der Waals surface area contributed by atoms with Crippen LogP contribution < -0.4 is 5.73 Å². The number of nitrogens with two attached hydrogens (primary N) is 1. The van der Waals surface area contributed by atoms with Crippen LogP contribution in [-0.2, 0) is 17.9 Å². The molecule has 17 heavy (non-hydrogen) atoms. The summed E-state index contributed by atoms with van der Waals surface area (Å²) >= 11 is 0. The maximum atomic E-state index is 12.3. The van der Waals surface area contributed by atoms with Gasteiger partial charge in [0.05, 0.1) is 0 Å². The Kier molecular flexibility index (Phi) is 2.63. The summed E-state index contributed by atoms with van der Waals surface area (Å²) in [6, 6.07) is 8.54. The predicted octanol–water partition coefficient (Wildman–Crippen LogP) is 1.66. The van der Waals surface area contributed by atoms with Crippen molar-refractivity contribution in [2.75, 3.05) is 0 Å². The van der Waals surface area contributed by atoms with Crippen molar-refractivity contribution in [2.45, 2.75) is 38.4 Å². The van der Waals surface area contributed by atoms with Gasteiger partial charge in [-0.3, -0.25) is 4.79 Å². The van der Waals surface area contributed by atoms with Crippen LogP contribution >= 0.6 is 0 Å². The molecule has 1 amide bonds. The summed E-state index contributed by atoms with van der Waals surface area (Å²) in [4.78, 5) is 14.3. The molecule has 3 heteroatoms. The molecular weight excluding hydrogens is 212 g/mol. The number of fused-ring (bicyclic) bond motifs is 1. The summed E-state index contributed by atoms with van der Waals surface area (Å²) in [6.07, 6.45) is 2.83. The standard InChI is InChI=1S/C14H18N2O/c15-13-6-5-10(7-13)14(17)16-8-11-3-1-2-4-12(11)9-16/h1-4,10,13H,5-9,15H2. The molecule has 1 aromatic rings. The normalized spacial score (nSPS) is 27.2. The fourth-order valence-corrected chi connectivity index (χ4v) is 2.99. The van der Waals surface area contributed by atoms with Gasteiger partial charge in [-0.25, -0.2) is 0 Å². The van der Waals surface area contributed by atoms with Gasteiger partial charge < -0.3 is 10.6 Å². The fourth-order valence-electron chi connectivity index (χ4n) is 2.99. The molecule has 2 N–H and O–H groups in total. The highest BCUT2D eigenvalue weighted by atomic mass is 16.2. The van der Waals surface area contributed by atoms with E-state index in [-0.39, 0.29) is 12.0 Å². The second kappa shape index (κ2) is 4.15. The lowest BCUT2D eigenvalue weighted by atomic mass is 10.1. The third-order valence-electron chi connectivity index (χ3n) is 3.97. The average molecular weight is 230 g/mol. The SMILES string of the molecule is NC1CCC(C(=O)N2Cc3ccccc3C2)C1. The molecule has 1 heterocycles. The van der Waals surface area contributed by atoms with E-state index in [2.05, 4.69) is 12.1 Å². The second-order valence-electron chi connectivity index (χ2n) is 5.23. The zero-order chi connectivity index (χ0) is 11.8. The predicted molar refractivity (Wildman–Crippen MR) is 66.0 cm³/mol. The molecule has 2 atom stereocenters. The van der Waals surface area contributed by atoms with E-state index in [4.69, 9.17) is 5.73 Å². The van der Waals surface area contributed by atoms with Gasteiger partial charge in [-0.15, -0.1) is 0 Å². The highest BCUT2D eigenvalue weighted by Gasteiger charge is 2.33. The average Bonchev–Trinajstić information content (AvgIpc) is 2.93. The third kappa shape index (κ3) is 1.95. The van der Waals surface area contributed by atoms with E-state index in [1.807, 2.05) is 17.0 Å². The molecule has 0 saturated heterocycles. The molecule has 0 bridgehead atoms. The van der Waals surface area contributed by atoms with Gasteiger partial charge in [0.15, 0.2) is 0 Å². The molecule has 2 aliphatic rings. The van der Waals surface area contributed by atoms with Crippen LogP contribution in [0.4, 0.5) is 0 Å². The molecule has 0 aromatic heterocycles. The van der Waals surface area contributed by atoms with Crippen LogP contribution in [0.25, 0.3) is 0 Å². The first kappa shape index (κ1) is 10.8. The number of hydrogen-bond donors (Lipinski definition) is 1. The van der Waals surface area contributed by atoms with E-state index in [1.54, 1.807) is 0 Å². The van der Waals surface area contributed by atoms with E-state index in [9.17, 15) is 4.79 Å². The minimum Gasteiger partial charge on any atom is -0.334 e. The largest absolute Gasteiger partial charge is 0.334 e. The molecule has 3 nitrogen and oxygen atoms in total. The Hall–Kier alpha value is -1.35. The van der Waals surface area contributed by atoms with Gasteiger partial charge in [0, 0.05) is 25.0 Å². The van der Waals surface area contributed by atoms with Gasteiger partial charge in [-0.05, 0) is 30.4 Å². The first-order chi connectivity index (χ1) is 8.24. The molecule has 2 unspecified atom stereocenters. The first-order valence-corrected chi connectivity index (χ1v) is 6.35. The molecule has 1 aromatic carbocycles. The molecule has 1 saturated carbocycles. The Bertz CT molecular complexity index is 419. The lowest BCUT2D eigenvalue weighted by Crippen LogP contribution is -2.31. The van der Waals surface area contributed by atoms with Crippen molar-refractivity contribution >= 4 is 5.91 Å². The van der Waals surface area contributed by atoms with Gasteiger partial charge in [0.1, 0.15) is 0 Å². The molecule has 0 spiro atoms. The summed E-state index contributed by atoms with van der Waals surface area (Å²) in [5, 5.41) is 0. The van der Waals surface area contributed by atoms with E-state index in [0.717, 1.165) is 32.4 Å². The molecule has 0 radical (unpaired) electrons.